The highest BCUT2D eigenvalue weighted by Crippen LogP contribution is 2.25. The molecular formula is C15H23N5. The van der Waals surface area contributed by atoms with Crippen molar-refractivity contribution in [1.82, 2.24) is 19.9 Å². The van der Waals surface area contributed by atoms with Crippen LogP contribution < -0.4 is 10.2 Å². The van der Waals surface area contributed by atoms with Gasteiger partial charge in [-0.05, 0) is 31.9 Å². The van der Waals surface area contributed by atoms with E-state index in [1.807, 2.05) is 16.9 Å². The number of aromatic nitrogens is 3. The second-order valence-electron chi connectivity index (χ2n) is 5.74. The zero-order valence-corrected chi connectivity index (χ0v) is 12.5. The minimum atomic E-state index is 0.436. The minimum absolute atomic E-state index is 0.436. The number of nitrogens with zero attached hydrogens (tertiary/aromatic N) is 4. The Bertz CT molecular complexity index is 583. The molecule has 3 heterocycles. The first-order valence-electron chi connectivity index (χ1n) is 7.52. The van der Waals surface area contributed by atoms with Gasteiger partial charge >= 0.3 is 0 Å². The van der Waals surface area contributed by atoms with Crippen LogP contribution >= 0.6 is 0 Å². The van der Waals surface area contributed by atoms with Crippen LogP contribution in [0, 0.1) is 0 Å². The molecular weight excluding hydrogens is 250 g/mol. The lowest BCUT2D eigenvalue weighted by Crippen LogP contribution is -2.37. The number of hydrogen-bond acceptors (Lipinski definition) is 4. The Morgan fingerprint density at radius 1 is 1.50 bits per heavy atom. The Morgan fingerprint density at radius 3 is 3.00 bits per heavy atom. The van der Waals surface area contributed by atoms with E-state index in [0.717, 1.165) is 36.7 Å². The van der Waals surface area contributed by atoms with E-state index in [0.29, 0.717) is 12.0 Å². The van der Waals surface area contributed by atoms with Crippen molar-refractivity contribution in [2.24, 2.45) is 0 Å². The largest absolute Gasteiger partial charge is 0.351 e. The fourth-order valence-corrected chi connectivity index (χ4v) is 2.92. The molecule has 0 aliphatic carbocycles. The second kappa shape index (κ2) is 5.40. The van der Waals surface area contributed by atoms with Crippen molar-refractivity contribution in [2.75, 3.05) is 24.5 Å². The molecule has 5 nitrogen and oxygen atoms in total. The zero-order chi connectivity index (χ0) is 14.1. The fourth-order valence-electron chi connectivity index (χ4n) is 2.92. The Hall–Kier alpha value is -1.62. The van der Waals surface area contributed by atoms with Gasteiger partial charge in [0.1, 0.15) is 5.52 Å². The summed E-state index contributed by atoms with van der Waals surface area (Å²) >= 11 is 0. The SMILES string of the molecule is CCN(c1nccn2nc(C(C)C)cc12)C1CCNC1. The molecule has 0 radical (unpaired) electrons. The Kier molecular flexibility index (Phi) is 3.61. The summed E-state index contributed by atoms with van der Waals surface area (Å²) in [5.74, 6) is 1.49. The van der Waals surface area contributed by atoms with Gasteiger partial charge in [0.25, 0.3) is 0 Å². The van der Waals surface area contributed by atoms with Crippen molar-refractivity contribution in [3.8, 4) is 0 Å². The van der Waals surface area contributed by atoms with Crippen molar-refractivity contribution in [2.45, 2.75) is 39.2 Å². The number of fused-ring (bicyclic) bond motifs is 1. The maximum atomic E-state index is 4.65. The van der Waals surface area contributed by atoms with Crippen LogP contribution in [0.4, 0.5) is 5.82 Å². The van der Waals surface area contributed by atoms with Crippen LogP contribution in [-0.4, -0.2) is 40.3 Å². The lowest BCUT2D eigenvalue weighted by atomic mass is 10.1. The van der Waals surface area contributed by atoms with Gasteiger partial charge in [0.15, 0.2) is 5.82 Å². The zero-order valence-electron chi connectivity index (χ0n) is 12.5. The lowest BCUT2D eigenvalue weighted by molar-refractivity contribution is 0.640. The normalized spacial score (nSPS) is 19.1. The maximum absolute atomic E-state index is 4.65. The van der Waals surface area contributed by atoms with Gasteiger partial charge in [-0.25, -0.2) is 9.50 Å². The molecule has 1 saturated heterocycles. The van der Waals surface area contributed by atoms with Gasteiger partial charge in [0.2, 0.25) is 0 Å². The number of rotatable bonds is 4. The van der Waals surface area contributed by atoms with Crippen molar-refractivity contribution >= 4 is 11.3 Å². The molecule has 0 saturated carbocycles. The third-order valence-electron chi connectivity index (χ3n) is 4.07. The summed E-state index contributed by atoms with van der Waals surface area (Å²) in [5, 5.41) is 8.09. The van der Waals surface area contributed by atoms with E-state index in [-0.39, 0.29) is 0 Å². The van der Waals surface area contributed by atoms with E-state index in [4.69, 9.17) is 0 Å². The molecule has 1 fully saturated rings. The average molecular weight is 273 g/mol. The van der Waals surface area contributed by atoms with E-state index in [1.165, 1.54) is 6.42 Å². The van der Waals surface area contributed by atoms with Crippen molar-refractivity contribution in [1.29, 1.82) is 0 Å². The standard InChI is InChI=1S/C15H23N5/c1-4-19(12-5-6-16-10-12)15-14-9-13(11(2)3)18-20(14)8-7-17-15/h7-9,11-12,16H,4-6,10H2,1-3H3. The number of likely N-dealkylation sites (N-methyl/N-ethyl adjacent to an activating group) is 1. The number of anilines is 1. The maximum Gasteiger partial charge on any atom is 0.154 e. The highest BCUT2D eigenvalue weighted by molar-refractivity contribution is 5.69. The highest BCUT2D eigenvalue weighted by Gasteiger charge is 2.24. The first kappa shape index (κ1) is 13.4. The first-order chi connectivity index (χ1) is 9.70. The van der Waals surface area contributed by atoms with Gasteiger partial charge in [-0.2, -0.15) is 5.10 Å². The quantitative estimate of drug-likeness (QED) is 0.926. The van der Waals surface area contributed by atoms with Gasteiger partial charge < -0.3 is 10.2 Å². The Morgan fingerprint density at radius 2 is 2.35 bits per heavy atom. The van der Waals surface area contributed by atoms with E-state index in [2.05, 4.69) is 47.1 Å². The molecule has 0 amide bonds. The van der Waals surface area contributed by atoms with Crippen LogP contribution in [0.15, 0.2) is 18.5 Å². The molecule has 1 unspecified atom stereocenters. The predicted octanol–water partition coefficient (Wildman–Crippen LogP) is 2.04. The molecule has 2 aromatic rings. The molecule has 5 heteroatoms. The Labute approximate surface area is 120 Å². The molecule has 0 spiro atoms. The van der Waals surface area contributed by atoms with E-state index in [9.17, 15) is 0 Å². The third kappa shape index (κ3) is 2.26. The second-order valence-corrected chi connectivity index (χ2v) is 5.74. The van der Waals surface area contributed by atoms with Crippen molar-refractivity contribution < 1.29 is 0 Å². The van der Waals surface area contributed by atoms with Crippen LogP contribution in [-0.2, 0) is 0 Å². The summed E-state index contributed by atoms with van der Waals surface area (Å²) in [6, 6.07) is 2.72. The fraction of sp³-hybridized carbons (Fsp3) is 0.600. The van der Waals surface area contributed by atoms with Crippen LogP contribution in [0.1, 0.15) is 38.8 Å². The van der Waals surface area contributed by atoms with Crippen LogP contribution in [0.2, 0.25) is 0 Å². The molecule has 1 aliphatic heterocycles. The van der Waals surface area contributed by atoms with E-state index < -0.39 is 0 Å². The summed E-state index contributed by atoms with van der Waals surface area (Å²) < 4.78 is 1.96. The van der Waals surface area contributed by atoms with Gasteiger partial charge in [-0.1, -0.05) is 13.8 Å². The smallest absolute Gasteiger partial charge is 0.154 e. The van der Waals surface area contributed by atoms with Crippen molar-refractivity contribution in [3.63, 3.8) is 0 Å². The summed E-state index contributed by atoms with van der Waals surface area (Å²) in [6.45, 7) is 9.66. The molecule has 0 aromatic carbocycles. The first-order valence-corrected chi connectivity index (χ1v) is 7.52. The van der Waals surface area contributed by atoms with Gasteiger partial charge in [0, 0.05) is 31.5 Å². The highest BCUT2D eigenvalue weighted by atomic mass is 15.3. The molecule has 1 atom stereocenters. The molecule has 0 bridgehead atoms. The molecule has 1 N–H and O–H groups in total. The van der Waals surface area contributed by atoms with Crippen LogP contribution in [0.3, 0.4) is 0 Å². The molecule has 1 aliphatic rings. The predicted molar refractivity (Wildman–Crippen MR) is 81.4 cm³/mol. The topological polar surface area (TPSA) is 45.5 Å². The third-order valence-corrected chi connectivity index (χ3v) is 4.07. The summed E-state index contributed by atoms with van der Waals surface area (Å²) in [7, 11) is 0. The molecule has 3 rings (SSSR count). The molecule has 20 heavy (non-hydrogen) atoms. The Balaban J connectivity index is 2.04. The van der Waals surface area contributed by atoms with Crippen LogP contribution in [0.5, 0.6) is 0 Å². The minimum Gasteiger partial charge on any atom is -0.351 e. The van der Waals surface area contributed by atoms with Crippen molar-refractivity contribution in [3.05, 3.63) is 24.2 Å². The summed E-state index contributed by atoms with van der Waals surface area (Å²) in [6.07, 6.45) is 4.97. The summed E-state index contributed by atoms with van der Waals surface area (Å²) in [5.41, 5.74) is 2.24. The molecule has 2 aromatic heterocycles. The van der Waals surface area contributed by atoms with Crippen LogP contribution in [0.25, 0.3) is 5.52 Å². The number of nitrogens with one attached hydrogen (secondary N) is 1. The van der Waals surface area contributed by atoms with Gasteiger partial charge in [-0.3, -0.25) is 0 Å². The molecule has 108 valence electrons. The van der Waals surface area contributed by atoms with E-state index in [1.54, 1.807) is 0 Å². The van der Waals surface area contributed by atoms with E-state index >= 15 is 0 Å². The summed E-state index contributed by atoms with van der Waals surface area (Å²) in [4.78, 5) is 7.04. The monoisotopic (exact) mass is 273 g/mol. The van der Waals surface area contributed by atoms with Gasteiger partial charge in [-0.15, -0.1) is 0 Å². The number of hydrogen-bond donors (Lipinski definition) is 1. The average Bonchev–Trinajstić information content (AvgIpc) is 3.08. The van der Waals surface area contributed by atoms with Gasteiger partial charge in [0.05, 0.1) is 5.69 Å². The lowest BCUT2D eigenvalue weighted by Gasteiger charge is -2.28.